The second-order valence-corrected chi connectivity index (χ2v) is 9.24. The van der Waals surface area contributed by atoms with Crippen molar-refractivity contribution >= 4 is 17.6 Å². The number of ketones is 1. The van der Waals surface area contributed by atoms with Gasteiger partial charge < -0.3 is 24.2 Å². The van der Waals surface area contributed by atoms with E-state index in [2.05, 4.69) is 6.07 Å². The van der Waals surface area contributed by atoms with Crippen molar-refractivity contribution in [2.45, 2.75) is 45.1 Å². The van der Waals surface area contributed by atoms with Crippen LogP contribution in [-0.4, -0.2) is 55.0 Å². The Bertz CT molecular complexity index is 1270. The summed E-state index contributed by atoms with van der Waals surface area (Å²) in [5, 5.41) is 26.9. The van der Waals surface area contributed by atoms with Gasteiger partial charge in [-0.05, 0) is 56.5 Å². The summed E-state index contributed by atoms with van der Waals surface area (Å²) in [6.45, 7) is 3.69. The SMILES string of the molecule is COc1cc2c(c(F)c1OC)C(=N)N(CC(=O)c1ccc(OCCCCC(=O)O)c(C(C)(C)C#N)c1)C2. The normalized spacial score (nSPS) is 12.6. The molecule has 0 spiro atoms. The predicted molar refractivity (Wildman–Crippen MR) is 133 cm³/mol. The number of halogens is 1. The molecule has 37 heavy (non-hydrogen) atoms. The van der Waals surface area contributed by atoms with E-state index < -0.39 is 17.2 Å². The van der Waals surface area contributed by atoms with Crippen molar-refractivity contribution in [1.29, 1.82) is 10.7 Å². The first-order valence-electron chi connectivity index (χ1n) is 11.7. The lowest BCUT2D eigenvalue weighted by atomic mass is 9.84. The number of aliphatic carboxylic acids is 1. The van der Waals surface area contributed by atoms with Gasteiger partial charge in [-0.15, -0.1) is 0 Å². The number of unbranched alkanes of at least 4 members (excludes halogenated alkanes) is 1. The molecule has 0 saturated carbocycles. The van der Waals surface area contributed by atoms with E-state index in [1.54, 1.807) is 38.1 Å². The van der Waals surface area contributed by atoms with Gasteiger partial charge in [0.25, 0.3) is 0 Å². The molecule has 2 aromatic rings. The fourth-order valence-electron chi connectivity index (χ4n) is 4.16. The summed E-state index contributed by atoms with van der Waals surface area (Å²) in [4.78, 5) is 25.4. The molecule has 196 valence electrons. The Balaban J connectivity index is 1.80. The minimum atomic E-state index is -0.959. The Hall–Kier alpha value is -4.13. The maximum Gasteiger partial charge on any atom is 0.303 e. The van der Waals surface area contributed by atoms with Crippen LogP contribution in [0.1, 0.15) is 60.2 Å². The molecule has 1 aliphatic heterocycles. The molecule has 1 heterocycles. The molecule has 2 N–H and O–H groups in total. The Morgan fingerprint density at radius 2 is 1.92 bits per heavy atom. The number of fused-ring (bicyclic) bond motifs is 1. The fraction of sp³-hybridized carbons (Fsp3) is 0.407. The van der Waals surface area contributed by atoms with Crippen LogP contribution in [0.3, 0.4) is 0 Å². The standard InChI is InChI=1S/C27H30FN3O6/c1-27(2,15-29)18-11-16(8-9-20(18)37-10-6-5-7-22(33)34)19(32)14-31-13-17-12-21(35-3)25(36-4)24(28)23(17)26(31)30/h8-9,11-12,30H,5-7,10,13-14H2,1-4H3,(H,33,34). The lowest BCUT2D eigenvalue weighted by Gasteiger charge is -2.22. The first-order valence-corrected chi connectivity index (χ1v) is 11.7. The predicted octanol–water partition coefficient (Wildman–Crippen LogP) is 4.30. The van der Waals surface area contributed by atoms with Gasteiger partial charge in [-0.3, -0.25) is 15.0 Å². The van der Waals surface area contributed by atoms with Crippen molar-refractivity contribution in [3.63, 3.8) is 0 Å². The van der Waals surface area contributed by atoms with Crippen LogP contribution in [0.4, 0.5) is 4.39 Å². The molecule has 0 amide bonds. The summed E-state index contributed by atoms with van der Waals surface area (Å²) in [5.74, 6) is -1.45. The van der Waals surface area contributed by atoms with E-state index in [9.17, 15) is 14.9 Å². The van der Waals surface area contributed by atoms with E-state index in [1.165, 1.54) is 19.1 Å². The Labute approximate surface area is 214 Å². The molecule has 0 unspecified atom stereocenters. The third-order valence-electron chi connectivity index (χ3n) is 6.24. The first kappa shape index (κ1) is 27.5. The van der Waals surface area contributed by atoms with Crippen LogP contribution in [0, 0.1) is 22.6 Å². The maximum absolute atomic E-state index is 15.0. The number of ether oxygens (including phenoxy) is 3. The minimum Gasteiger partial charge on any atom is -0.493 e. The highest BCUT2D eigenvalue weighted by atomic mass is 19.1. The Morgan fingerprint density at radius 3 is 2.54 bits per heavy atom. The van der Waals surface area contributed by atoms with Gasteiger partial charge in [0.15, 0.2) is 23.1 Å². The summed E-state index contributed by atoms with van der Waals surface area (Å²) < 4.78 is 31.2. The van der Waals surface area contributed by atoms with Gasteiger partial charge in [-0.1, -0.05) is 0 Å². The summed E-state index contributed by atoms with van der Waals surface area (Å²) >= 11 is 0. The summed E-state index contributed by atoms with van der Waals surface area (Å²) in [6, 6.07) is 8.65. The topological polar surface area (TPSA) is 133 Å². The monoisotopic (exact) mass is 511 g/mol. The van der Waals surface area contributed by atoms with Gasteiger partial charge in [0.05, 0.1) is 44.4 Å². The van der Waals surface area contributed by atoms with E-state index >= 15 is 4.39 Å². The van der Waals surface area contributed by atoms with Crippen molar-refractivity contribution < 1.29 is 33.3 Å². The number of benzene rings is 2. The number of amidine groups is 1. The van der Waals surface area contributed by atoms with Crippen LogP contribution in [0.25, 0.3) is 0 Å². The first-order chi connectivity index (χ1) is 17.5. The zero-order chi connectivity index (χ0) is 27.3. The second kappa shape index (κ2) is 11.3. The number of carboxylic acids is 1. The molecule has 0 radical (unpaired) electrons. The number of carboxylic acid groups (broad SMARTS) is 1. The average Bonchev–Trinajstić information content (AvgIpc) is 3.18. The van der Waals surface area contributed by atoms with E-state index in [-0.39, 0.29) is 54.8 Å². The molecular weight excluding hydrogens is 481 g/mol. The van der Waals surface area contributed by atoms with Crippen molar-refractivity contribution in [3.8, 4) is 23.3 Å². The van der Waals surface area contributed by atoms with Crippen LogP contribution >= 0.6 is 0 Å². The number of carbonyl (C=O) groups is 2. The quantitative estimate of drug-likeness (QED) is 0.318. The number of hydrogen-bond donors (Lipinski definition) is 2. The third kappa shape index (κ3) is 5.82. The van der Waals surface area contributed by atoms with Crippen molar-refractivity contribution in [2.75, 3.05) is 27.4 Å². The van der Waals surface area contributed by atoms with E-state index in [4.69, 9.17) is 24.7 Å². The van der Waals surface area contributed by atoms with E-state index in [1.807, 2.05) is 0 Å². The number of carbonyl (C=O) groups excluding carboxylic acids is 1. The number of hydrogen-bond acceptors (Lipinski definition) is 7. The Morgan fingerprint density at radius 1 is 1.19 bits per heavy atom. The molecule has 9 nitrogen and oxygen atoms in total. The number of methoxy groups -OCH3 is 2. The molecule has 0 atom stereocenters. The summed E-state index contributed by atoms with van der Waals surface area (Å²) in [5.41, 5.74) is 0.490. The number of nitrogens with zero attached hydrogens (tertiary/aromatic N) is 2. The van der Waals surface area contributed by atoms with Gasteiger partial charge in [0.2, 0.25) is 0 Å². The molecule has 0 bridgehead atoms. The highest BCUT2D eigenvalue weighted by molar-refractivity contribution is 6.06. The van der Waals surface area contributed by atoms with Gasteiger partial charge in [-0.25, -0.2) is 4.39 Å². The molecule has 1 aliphatic rings. The van der Waals surface area contributed by atoms with Crippen molar-refractivity contribution in [2.24, 2.45) is 0 Å². The molecule has 2 aromatic carbocycles. The average molecular weight is 512 g/mol. The van der Waals surface area contributed by atoms with Crippen molar-refractivity contribution in [3.05, 3.63) is 52.3 Å². The Kier molecular flexibility index (Phi) is 8.38. The smallest absolute Gasteiger partial charge is 0.303 e. The van der Waals surface area contributed by atoms with E-state index in [0.717, 1.165) is 0 Å². The van der Waals surface area contributed by atoms with Crippen LogP contribution in [0.2, 0.25) is 0 Å². The number of nitrogens with one attached hydrogen (secondary N) is 1. The van der Waals surface area contributed by atoms with Gasteiger partial charge >= 0.3 is 5.97 Å². The van der Waals surface area contributed by atoms with Gasteiger partial charge in [0, 0.05) is 24.1 Å². The second-order valence-electron chi connectivity index (χ2n) is 9.24. The lowest BCUT2D eigenvalue weighted by Crippen LogP contribution is -2.30. The third-order valence-corrected chi connectivity index (χ3v) is 6.24. The summed E-state index contributed by atoms with van der Waals surface area (Å²) in [6.07, 6.45) is 1.04. The van der Waals surface area contributed by atoms with Crippen LogP contribution < -0.4 is 14.2 Å². The van der Waals surface area contributed by atoms with E-state index in [0.29, 0.717) is 35.3 Å². The lowest BCUT2D eigenvalue weighted by molar-refractivity contribution is -0.137. The zero-order valence-electron chi connectivity index (χ0n) is 21.3. The molecule has 10 heteroatoms. The molecular formula is C27H30FN3O6. The van der Waals surface area contributed by atoms with Gasteiger partial charge in [-0.2, -0.15) is 5.26 Å². The van der Waals surface area contributed by atoms with Crippen molar-refractivity contribution in [1.82, 2.24) is 4.90 Å². The van der Waals surface area contributed by atoms with Crippen LogP contribution in [-0.2, 0) is 16.8 Å². The number of rotatable bonds is 12. The molecule has 0 aliphatic carbocycles. The molecule has 3 rings (SSSR count). The molecule has 0 saturated heterocycles. The zero-order valence-corrected chi connectivity index (χ0v) is 21.3. The molecule has 0 aromatic heterocycles. The number of Topliss-reactive ketones (excluding diaryl/α,β-unsaturated/α-hetero) is 1. The highest BCUT2D eigenvalue weighted by Crippen LogP contribution is 2.38. The maximum atomic E-state index is 15.0. The largest absolute Gasteiger partial charge is 0.493 e. The minimum absolute atomic E-state index is 0.0478. The van der Waals surface area contributed by atoms with Crippen LogP contribution in [0.15, 0.2) is 24.3 Å². The summed E-state index contributed by atoms with van der Waals surface area (Å²) in [7, 11) is 2.71. The van der Waals surface area contributed by atoms with Crippen LogP contribution in [0.5, 0.6) is 17.2 Å². The fourth-order valence-corrected chi connectivity index (χ4v) is 4.16. The van der Waals surface area contributed by atoms with Gasteiger partial charge in [0.1, 0.15) is 11.6 Å². The number of nitriles is 1. The molecule has 0 fully saturated rings. The highest BCUT2D eigenvalue weighted by Gasteiger charge is 2.33.